The number of aliphatic imine (C=N–C) groups is 1. The predicted octanol–water partition coefficient (Wildman–Crippen LogP) is 6.63. The minimum atomic E-state index is -0.0116. The number of benzene rings is 2. The van der Waals surface area contributed by atoms with Crippen LogP contribution in [0.25, 0.3) is 11.1 Å². The van der Waals surface area contributed by atoms with Crippen molar-refractivity contribution in [2.24, 2.45) is 10.4 Å². The first kappa shape index (κ1) is 19.2. The first-order valence-electron chi connectivity index (χ1n) is 10.3. The van der Waals surface area contributed by atoms with E-state index in [0.717, 1.165) is 19.4 Å². The zero-order chi connectivity index (χ0) is 20.3. The van der Waals surface area contributed by atoms with Crippen molar-refractivity contribution in [1.29, 1.82) is 0 Å². The monoisotopic (exact) mass is 380 g/mol. The molecule has 1 atom stereocenters. The van der Waals surface area contributed by atoms with Gasteiger partial charge in [0.15, 0.2) is 0 Å². The average molecular weight is 381 g/mol. The molecular formula is C27H28N2. The van der Waals surface area contributed by atoms with E-state index in [1.54, 1.807) is 0 Å². The van der Waals surface area contributed by atoms with Crippen LogP contribution in [0.3, 0.4) is 0 Å². The predicted molar refractivity (Wildman–Crippen MR) is 124 cm³/mol. The van der Waals surface area contributed by atoms with E-state index in [0.29, 0.717) is 0 Å². The minimum absolute atomic E-state index is 0.0116. The van der Waals surface area contributed by atoms with Crippen LogP contribution in [0.2, 0.25) is 0 Å². The molecule has 0 fully saturated rings. The van der Waals surface area contributed by atoms with Crippen LogP contribution in [0.4, 0.5) is 0 Å². The molecule has 2 aromatic rings. The average Bonchev–Trinajstić information content (AvgIpc) is 2.76. The topological polar surface area (TPSA) is 15.6 Å². The van der Waals surface area contributed by atoms with Crippen LogP contribution in [-0.4, -0.2) is 17.8 Å². The maximum absolute atomic E-state index is 4.48. The fourth-order valence-electron chi connectivity index (χ4n) is 4.34. The maximum Gasteiger partial charge on any atom is 0.0939 e. The summed E-state index contributed by atoms with van der Waals surface area (Å²) in [6.45, 7) is 9.31. The molecule has 1 unspecified atom stereocenters. The van der Waals surface area contributed by atoms with Gasteiger partial charge in [0.2, 0.25) is 0 Å². The third-order valence-corrected chi connectivity index (χ3v) is 5.81. The molecule has 2 aliphatic rings. The van der Waals surface area contributed by atoms with Gasteiger partial charge in [-0.05, 0) is 42.5 Å². The highest BCUT2D eigenvalue weighted by Gasteiger charge is 2.36. The maximum atomic E-state index is 4.48. The number of allylic oxidation sites excluding steroid dienone is 4. The normalized spacial score (nSPS) is 21.3. The van der Waals surface area contributed by atoms with E-state index in [1.165, 1.54) is 33.5 Å². The van der Waals surface area contributed by atoms with Gasteiger partial charge in [-0.25, -0.2) is 0 Å². The molecule has 0 spiro atoms. The quantitative estimate of drug-likeness (QED) is 0.531. The van der Waals surface area contributed by atoms with Crippen LogP contribution in [0.1, 0.15) is 36.5 Å². The lowest BCUT2D eigenvalue weighted by Gasteiger charge is -2.39. The summed E-state index contributed by atoms with van der Waals surface area (Å²) in [7, 11) is 0. The van der Waals surface area contributed by atoms with Gasteiger partial charge >= 0.3 is 0 Å². The summed E-state index contributed by atoms with van der Waals surface area (Å²) in [5, 5.41) is 0. The van der Waals surface area contributed by atoms with Gasteiger partial charge in [-0.3, -0.25) is 4.99 Å². The first-order chi connectivity index (χ1) is 14.1. The van der Waals surface area contributed by atoms with Gasteiger partial charge in [-0.2, -0.15) is 0 Å². The third-order valence-electron chi connectivity index (χ3n) is 5.81. The number of nitrogens with zero attached hydrogens (tertiary/aromatic N) is 2. The number of hydrogen-bond donors (Lipinski definition) is 0. The summed E-state index contributed by atoms with van der Waals surface area (Å²) in [6.07, 6.45) is 12.5. The summed E-state index contributed by atoms with van der Waals surface area (Å²) in [4.78, 5) is 6.64. The van der Waals surface area contributed by atoms with E-state index in [9.17, 15) is 0 Å². The highest BCUT2D eigenvalue weighted by atomic mass is 15.2. The molecule has 0 saturated heterocycles. The van der Waals surface area contributed by atoms with Gasteiger partial charge in [-0.15, -0.1) is 6.58 Å². The van der Waals surface area contributed by atoms with Crippen molar-refractivity contribution in [3.63, 3.8) is 0 Å². The molecule has 0 saturated carbocycles. The molecule has 0 N–H and O–H groups in total. The van der Waals surface area contributed by atoms with Crippen molar-refractivity contribution in [3.8, 4) is 0 Å². The minimum Gasteiger partial charge on any atom is -0.308 e. The van der Waals surface area contributed by atoms with Crippen molar-refractivity contribution >= 4 is 17.5 Å². The zero-order valence-corrected chi connectivity index (χ0v) is 17.3. The van der Waals surface area contributed by atoms with E-state index in [2.05, 4.69) is 109 Å². The van der Waals surface area contributed by atoms with Gasteiger partial charge in [-0.1, -0.05) is 79.2 Å². The largest absolute Gasteiger partial charge is 0.308 e. The Bertz CT molecular complexity index is 994. The summed E-state index contributed by atoms with van der Waals surface area (Å²) >= 11 is 0. The fourth-order valence-corrected chi connectivity index (χ4v) is 4.34. The Morgan fingerprint density at radius 1 is 1.07 bits per heavy atom. The van der Waals surface area contributed by atoms with Crippen molar-refractivity contribution in [3.05, 3.63) is 108 Å². The molecule has 2 heteroatoms. The van der Waals surface area contributed by atoms with Crippen LogP contribution < -0.4 is 0 Å². The van der Waals surface area contributed by atoms with Crippen molar-refractivity contribution in [2.45, 2.75) is 26.7 Å². The lowest BCUT2D eigenvalue weighted by Crippen LogP contribution is -2.27. The number of rotatable bonds is 5. The Labute approximate surface area is 174 Å². The molecule has 4 rings (SSSR count). The van der Waals surface area contributed by atoms with Crippen molar-refractivity contribution < 1.29 is 0 Å². The molecule has 0 radical (unpaired) electrons. The smallest absolute Gasteiger partial charge is 0.0939 e. The SMILES string of the molecule is C=CCC1(C)CC=C(N2C=CCN=C2)C(c2ccccc2)=C1c1ccc(C)cc1. The van der Waals surface area contributed by atoms with E-state index in [-0.39, 0.29) is 5.41 Å². The lowest BCUT2D eigenvalue weighted by atomic mass is 9.67. The van der Waals surface area contributed by atoms with Crippen molar-refractivity contribution in [2.75, 3.05) is 6.54 Å². The molecule has 29 heavy (non-hydrogen) atoms. The van der Waals surface area contributed by atoms with Gasteiger partial charge in [0, 0.05) is 17.2 Å². The molecule has 146 valence electrons. The summed E-state index contributed by atoms with van der Waals surface area (Å²) in [5.41, 5.74) is 7.64. The van der Waals surface area contributed by atoms with Crippen LogP contribution >= 0.6 is 0 Å². The molecule has 1 aliphatic heterocycles. The molecule has 1 heterocycles. The second kappa shape index (κ2) is 8.08. The zero-order valence-electron chi connectivity index (χ0n) is 17.3. The van der Waals surface area contributed by atoms with E-state index >= 15 is 0 Å². The molecule has 2 aromatic carbocycles. The van der Waals surface area contributed by atoms with Gasteiger partial charge in [0.25, 0.3) is 0 Å². The van der Waals surface area contributed by atoms with Crippen LogP contribution in [-0.2, 0) is 0 Å². The van der Waals surface area contributed by atoms with Crippen molar-refractivity contribution in [1.82, 2.24) is 4.90 Å². The molecular weight excluding hydrogens is 352 g/mol. The highest BCUT2D eigenvalue weighted by molar-refractivity contribution is 6.02. The number of aryl methyl sites for hydroxylation is 1. The first-order valence-corrected chi connectivity index (χ1v) is 10.3. The standard InChI is InChI=1S/C27H28N2/c1-4-16-27(3)17-15-24(29-19-8-18-28-20-29)25(22-9-6-5-7-10-22)26(27)23-13-11-21(2)12-14-23/h4-15,19-20H,1,16-18H2,2-3H3. The Morgan fingerprint density at radius 2 is 1.83 bits per heavy atom. The Hall–Kier alpha value is -3.13. The van der Waals surface area contributed by atoms with Crippen LogP contribution in [0.5, 0.6) is 0 Å². The molecule has 0 aromatic heterocycles. The molecule has 1 aliphatic carbocycles. The lowest BCUT2D eigenvalue weighted by molar-refractivity contribution is 0.452. The van der Waals surface area contributed by atoms with Gasteiger partial charge in [0.05, 0.1) is 18.6 Å². The summed E-state index contributed by atoms with van der Waals surface area (Å²) in [5.74, 6) is 0. The second-order valence-corrected chi connectivity index (χ2v) is 8.10. The Morgan fingerprint density at radius 3 is 2.48 bits per heavy atom. The Balaban J connectivity index is 2.00. The summed E-state index contributed by atoms with van der Waals surface area (Å²) in [6, 6.07) is 19.7. The van der Waals surface area contributed by atoms with E-state index in [4.69, 9.17) is 0 Å². The summed E-state index contributed by atoms with van der Waals surface area (Å²) < 4.78 is 0. The fraction of sp³-hybridized carbons (Fsp3) is 0.222. The Kier molecular flexibility index (Phi) is 5.35. The number of hydrogen-bond acceptors (Lipinski definition) is 2. The molecule has 0 bridgehead atoms. The highest BCUT2D eigenvalue weighted by Crippen LogP contribution is 2.51. The van der Waals surface area contributed by atoms with Gasteiger partial charge in [0.1, 0.15) is 0 Å². The van der Waals surface area contributed by atoms with Gasteiger partial charge < -0.3 is 4.90 Å². The third kappa shape index (κ3) is 3.75. The van der Waals surface area contributed by atoms with E-state index in [1.807, 2.05) is 6.34 Å². The van der Waals surface area contributed by atoms with Crippen LogP contribution in [0, 0.1) is 12.3 Å². The molecule has 2 nitrogen and oxygen atoms in total. The van der Waals surface area contributed by atoms with E-state index < -0.39 is 0 Å². The molecule has 0 amide bonds. The second-order valence-electron chi connectivity index (χ2n) is 8.10. The van der Waals surface area contributed by atoms with Crippen LogP contribution in [0.15, 0.2) is 96.3 Å².